The Balaban J connectivity index is 1.52. The number of fused-ring (bicyclic) bond motifs is 1. The molecule has 126 valence electrons. The minimum absolute atomic E-state index is 0.0865. The van der Waals surface area contributed by atoms with Crippen LogP contribution in [0.3, 0.4) is 0 Å². The largest absolute Gasteiger partial charge is 0.298 e. The van der Waals surface area contributed by atoms with Gasteiger partial charge in [-0.2, -0.15) is 0 Å². The summed E-state index contributed by atoms with van der Waals surface area (Å²) in [5, 5.41) is 6.68. The Morgan fingerprint density at radius 1 is 1.08 bits per heavy atom. The van der Waals surface area contributed by atoms with Crippen LogP contribution in [0.25, 0.3) is 10.9 Å². The van der Waals surface area contributed by atoms with Crippen molar-refractivity contribution in [1.29, 1.82) is 0 Å². The molecule has 0 bridgehead atoms. The summed E-state index contributed by atoms with van der Waals surface area (Å²) in [5.74, 6) is 1.03. The van der Waals surface area contributed by atoms with E-state index in [2.05, 4.69) is 21.7 Å². The van der Waals surface area contributed by atoms with E-state index in [1.807, 2.05) is 25.1 Å². The molecule has 0 spiro atoms. The zero-order valence-corrected chi connectivity index (χ0v) is 14.9. The van der Waals surface area contributed by atoms with Gasteiger partial charge in [0, 0.05) is 28.3 Å². The van der Waals surface area contributed by atoms with E-state index in [0.717, 1.165) is 27.9 Å². The normalized spacial score (nSPS) is 17.0. The van der Waals surface area contributed by atoms with Crippen LogP contribution in [-0.2, 0) is 0 Å². The van der Waals surface area contributed by atoms with Gasteiger partial charge < -0.3 is 0 Å². The molecule has 0 atom stereocenters. The third-order valence-corrected chi connectivity index (χ3v) is 5.74. The number of pyridine rings is 1. The van der Waals surface area contributed by atoms with E-state index in [4.69, 9.17) is 4.98 Å². The second-order valence-corrected chi connectivity index (χ2v) is 8.05. The van der Waals surface area contributed by atoms with Crippen molar-refractivity contribution in [1.82, 2.24) is 9.97 Å². The molecule has 4 nitrogen and oxygen atoms in total. The summed E-state index contributed by atoms with van der Waals surface area (Å²) in [5.41, 5.74) is 4.90. The van der Waals surface area contributed by atoms with Gasteiger partial charge in [0.2, 0.25) is 0 Å². The van der Waals surface area contributed by atoms with Crippen molar-refractivity contribution in [2.24, 2.45) is 0 Å². The molecule has 0 unspecified atom stereocenters. The molecule has 2 aromatic heterocycles. The number of amides is 1. The molecule has 25 heavy (non-hydrogen) atoms. The molecule has 2 aliphatic carbocycles. The fourth-order valence-corrected chi connectivity index (χ4v) is 4.00. The SMILES string of the molecule is Cc1ccc2nc(C3CC3)cc(C(=O)Nc3nc(C4CC4)cs3)c2c1. The number of carbonyl (C=O) groups is 1. The fraction of sp³-hybridized carbons (Fsp3) is 0.350. The van der Waals surface area contributed by atoms with Crippen LogP contribution in [0.2, 0.25) is 0 Å². The highest BCUT2D eigenvalue weighted by atomic mass is 32.1. The quantitative estimate of drug-likeness (QED) is 0.720. The molecule has 1 N–H and O–H groups in total. The summed E-state index contributed by atoms with van der Waals surface area (Å²) in [7, 11) is 0. The van der Waals surface area contributed by atoms with Gasteiger partial charge in [-0.1, -0.05) is 11.6 Å². The molecule has 1 aromatic carbocycles. The molecule has 0 aliphatic heterocycles. The zero-order valence-electron chi connectivity index (χ0n) is 14.1. The molecule has 3 aromatic rings. The van der Waals surface area contributed by atoms with E-state index in [9.17, 15) is 4.79 Å². The van der Waals surface area contributed by atoms with Crippen molar-refractivity contribution in [3.63, 3.8) is 0 Å². The smallest absolute Gasteiger partial charge is 0.258 e. The molecule has 2 heterocycles. The van der Waals surface area contributed by atoms with Crippen LogP contribution in [0, 0.1) is 6.92 Å². The van der Waals surface area contributed by atoms with Gasteiger partial charge in [-0.25, -0.2) is 4.98 Å². The maximum atomic E-state index is 13.0. The first-order valence-corrected chi connectivity index (χ1v) is 9.73. The average Bonchev–Trinajstić information content (AvgIpc) is 3.52. The molecular formula is C20H19N3OS. The van der Waals surface area contributed by atoms with Crippen molar-refractivity contribution >= 4 is 33.3 Å². The summed E-state index contributed by atoms with van der Waals surface area (Å²) in [6, 6.07) is 8.09. The highest BCUT2D eigenvalue weighted by Crippen LogP contribution is 2.41. The number of aryl methyl sites for hydroxylation is 1. The highest BCUT2D eigenvalue weighted by Gasteiger charge is 2.28. The molecular weight excluding hydrogens is 330 g/mol. The lowest BCUT2D eigenvalue weighted by molar-refractivity contribution is 0.102. The number of nitrogens with zero attached hydrogens (tertiary/aromatic N) is 2. The zero-order chi connectivity index (χ0) is 17.0. The highest BCUT2D eigenvalue weighted by molar-refractivity contribution is 7.14. The van der Waals surface area contributed by atoms with Crippen LogP contribution >= 0.6 is 11.3 Å². The van der Waals surface area contributed by atoms with E-state index in [1.165, 1.54) is 37.0 Å². The van der Waals surface area contributed by atoms with Crippen molar-refractivity contribution < 1.29 is 4.79 Å². The molecule has 1 amide bonds. The maximum absolute atomic E-state index is 13.0. The number of nitrogens with one attached hydrogen (secondary N) is 1. The predicted octanol–water partition coefficient (Wildman–Crippen LogP) is 5.01. The summed E-state index contributed by atoms with van der Waals surface area (Å²) >= 11 is 1.51. The average molecular weight is 349 g/mol. The number of thiazole rings is 1. The third kappa shape index (κ3) is 2.93. The summed E-state index contributed by atoms with van der Waals surface area (Å²) < 4.78 is 0. The fourth-order valence-electron chi connectivity index (χ4n) is 3.21. The van der Waals surface area contributed by atoms with Crippen molar-refractivity contribution in [2.45, 2.75) is 44.4 Å². The Morgan fingerprint density at radius 3 is 2.60 bits per heavy atom. The lowest BCUT2D eigenvalue weighted by atomic mass is 10.0. The Labute approximate surface area is 150 Å². The van der Waals surface area contributed by atoms with E-state index < -0.39 is 0 Å². The number of benzene rings is 1. The first kappa shape index (κ1) is 15.0. The number of aromatic nitrogens is 2. The third-order valence-electron chi connectivity index (χ3n) is 4.96. The number of rotatable bonds is 4. The van der Waals surface area contributed by atoms with Gasteiger partial charge >= 0.3 is 0 Å². The van der Waals surface area contributed by atoms with Gasteiger partial charge in [0.05, 0.1) is 16.8 Å². The van der Waals surface area contributed by atoms with Gasteiger partial charge in [-0.05, 0) is 50.8 Å². The number of hydrogen-bond acceptors (Lipinski definition) is 4. The van der Waals surface area contributed by atoms with Gasteiger partial charge in [-0.15, -0.1) is 11.3 Å². The summed E-state index contributed by atoms with van der Waals surface area (Å²) in [6.07, 6.45) is 4.78. The second kappa shape index (κ2) is 5.63. The first-order chi connectivity index (χ1) is 12.2. The van der Waals surface area contributed by atoms with Crippen LogP contribution in [-0.4, -0.2) is 15.9 Å². The van der Waals surface area contributed by atoms with E-state index in [-0.39, 0.29) is 5.91 Å². The minimum atomic E-state index is -0.0865. The van der Waals surface area contributed by atoms with Gasteiger partial charge in [-0.3, -0.25) is 15.1 Å². The van der Waals surface area contributed by atoms with Gasteiger partial charge in [0.15, 0.2) is 5.13 Å². The number of carbonyl (C=O) groups excluding carboxylic acids is 1. The monoisotopic (exact) mass is 349 g/mol. The van der Waals surface area contributed by atoms with Crippen LogP contribution in [0.15, 0.2) is 29.6 Å². The lowest BCUT2D eigenvalue weighted by Crippen LogP contribution is -2.13. The summed E-state index contributed by atoms with van der Waals surface area (Å²) in [6.45, 7) is 2.04. The van der Waals surface area contributed by atoms with Crippen LogP contribution < -0.4 is 5.32 Å². The Morgan fingerprint density at radius 2 is 1.84 bits per heavy atom. The first-order valence-electron chi connectivity index (χ1n) is 8.85. The van der Waals surface area contributed by atoms with Crippen LogP contribution in [0.4, 0.5) is 5.13 Å². The molecule has 5 rings (SSSR count). The maximum Gasteiger partial charge on any atom is 0.258 e. The van der Waals surface area contributed by atoms with Crippen molar-refractivity contribution in [2.75, 3.05) is 5.32 Å². The molecule has 2 saturated carbocycles. The second-order valence-electron chi connectivity index (χ2n) is 7.20. The van der Waals surface area contributed by atoms with E-state index in [1.54, 1.807) is 0 Å². The molecule has 0 radical (unpaired) electrons. The Hall–Kier alpha value is -2.27. The van der Waals surface area contributed by atoms with Crippen LogP contribution in [0.1, 0.15) is 64.8 Å². The molecule has 2 fully saturated rings. The summed E-state index contributed by atoms with van der Waals surface area (Å²) in [4.78, 5) is 22.3. The topological polar surface area (TPSA) is 54.9 Å². The van der Waals surface area contributed by atoms with Gasteiger partial charge in [0.1, 0.15) is 0 Å². The molecule has 2 aliphatic rings. The van der Waals surface area contributed by atoms with Crippen molar-refractivity contribution in [3.8, 4) is 0 Å². The number of anilines is 1. The van der Waals surface area contributed by atoms with Crippen molar-refractivity contribution in [3.05, 3.63) is 52.2 Å². The van der Waals surface area contributed by atoms with E-state index >= 15 is 0 Å². The lowest BCUT2D eigenvalue weighted by Gasteiger charge is -2.10. The molecule has 0 saturated heterocycles. The Bertz CT molecular complexity index is 986. The number of hydrogen-bond donors (Lipinski definition) is 1. The predicted molar refractivity (Wildman–Crippen MR) is 100 cm³/mol. The Kier molecular flexibility index (Phi) is 3.38. The standard InChI is InChI=1S/C20H19N3OS/c1-11-2-7-16-14(8-11)15(9-17(21-16)12-3-4-12)19(24)23-20-22-18(10-25-20)13-5-6-13/h2,7-10,12-13H,3-6H2,1H3,(H,22,23,24). The van der Waals surface area contributed by atoms with Crippen LogP contribution in [0.5, 0.6) is 0 Å². The molecule has 5 heteroatoms. The van der Waals surface area contributed by atoms with E-state index in [0.29, 0.717) is 22.5 Å². The van der Waals surface area contributed by atoms with Gasteiger partial charge in [0.25, 0.3) is 5.91 Å². The minimum Gasteiger partial charge on any atom is -0.298 e.